The third-order valence-corrected chi connectivity index (χ3v) is 1.84. The number of carbonyl (C=O) groups is 2. The van der Waals surface area contributed by atoms with Gasteiger partial charge in [0.2, 0.25) is 0 Å². The van der Waals surface area contributed by atoms with Crippen molar-refractivity contribution in [1.29, 1.82) is 0 Å². The molecule has 0 heterocycles. The van der Waals surface area contributed by atoms with E-state index in [0.29, 0.717) is 0 Å². The molecule has 0 fully saturated rings. The molecular weight excluding hydrogens is 264 g/mol. The third-order valence-electron chi connectivity index (χ3n) is 0.994. The van der Waals surface area contributed by atoms with Crippen molar-refractivity contribution in [2.24, 2.45) is 0 Å². The number of esters is 2. The SMILES string of the molecule is O=C(OCCOC(=O)C(S)S)C(S)S. The zero-order valence-corrected chi connectivity index (χ0v) is 10.6. The Morgan fingerprint density at radius 2 is 1.14 bits per heavy atom. The van der Waals surface area contributed by atoms with Crippen molar-refractivity contribution >= 4 is 62.5 Å². The Bertz CT molecular complexity index is 184. The van der Waals surface area contributed by atoms with Crippen LogP contribution in [0.15, 0.2) is 0 Å². The summed E-state index contributed by atoms with van der Waals surface area (Å²) in [6, 6.07) is 0. The zero-order valence-electron chi connectivity index (χ0n) is 6.99. The maximum absolute atomic E-state index is 10.8. The first-order valence-electron chi connectivity index (χ1n) is 3.50. The van der Waals surface area contributed by atoms with Gasteiger partial charge in [0, 0.05) is 0 Å². The molecule has 0 radical (unpaired) electrons. The highest BCUT2D eigenvalue weighted by molar-refractivity contribution is 8.00. The molecule has 0 atom stereocenters. The van der Waals surface area contributed by atoms with Crippen molar-refractivity contribution in [2.45, 2.75) is 9.16 Å². The number of hydrogen-bond acceptors (Lipinski definition) is 8. The van der Waals surface area contributed by atoms with Crippen LogP contribution in [0.5, 0.6) is 0 Å². The lowest BCUT2D eigenvalue weighted by atomic mass is 10.7. The second-order valence-electron chi connectivity index (χ2n) is 2.08. The lowest BCUT2D eigenvalue weighted by Gasteiger charge is -2.07. The van der Waals surface area contributed by atoms with Crippen molar-refractivity contribution in [3.05, 3.63) is 0 Å². The molecule has 0 unspecified atom stereocenters. The highest BCUT2D eigenvalue weighted by Gasteiger charge is 2.12. The van der Waals surface area contributed by atoms with Gasteiger partial charge in [-0.15, -0.1) is 0 Å². The standard InChI is InChI=1S/C6H10O4S4/c7-3(5(11)12)9-1-2-10-4(8)6(13)14/h5-6,11-14H,1-2H2. The molecule has 4 nitrogen and oxygen atoms in total. The molecule has 0 saturated carbocycles. The molecule has 8 heteroatoms. The lowest BCUT2D eigenvalue weighted by Crippen LogP contribution is -2.19. The summed E-state index contributed by atoms with van der Waals surface area (Å²) < 4.78 is 7.66. The number of rotatable bonds is 5. The minimum Gasteiger partial charge on any atom is -0.461 e. The molecule has 82 valence electrons. The van der Waals surface area contributed by atoms with Gasteiger partial charge >= 0.3 is 11.9 Å². The predicted octanol–water partition coefficient (Wildman–Crippen LogP) is 0.444. The van der Waals surface area contributed by atoms with Crippen LogP contribution in [-0.2, 0) is 19.1 Å². The minimum atomic E-state index is -0.784. The summed E-state index contributed by atoms with van der Waals surface area (Å²) in [5, 5.41) is 0. The molecule has 14 heavy (non-hydrogen) atoms. The first kappa shape index (κ1) is 14.3. The Morgan fingerprint density at radius 3 is 1.36 bits per heavy atom. The maximum atomic E-state index is 10.8. The lowest BCUT2D eigenvalue weighted by molar-refractivity contribution is -0.149. The van der Waals surface area contributed by atoms with E-state index in [1.54, 1.807) is 0 Å². The smallest absolute Gasteiger partial charge is 0.328 e. The van der Waals surface area contributed by atoms with Gasteiger partial charge in [0.25, 0.3) is 0 Å². The fourth-order valence-electron chi connectivity index (χ4n) is 0.434. The molecule has 0 aromatic rings. The van der Waals surface area contributed by atoms with Gasteiger partial charge in [-0.05, 0) is 0 Å². The van der Waals surface area contributed by atoms with Crippen LogP contribution in [0.25, 0.3) is 0 Å². The van der Waals surface area contributed by atoms with E-state index in [4.69, 9.17) is 0 Å². The van der Waals surface area contributed by atoms with Crippen molar-refractivity contribution < 1.29 is 19.1 Å². The zero-order chi connectivity index (χ0) is 11.1. The fourth-order valence-corrected chi connectivity index (χ4v) is 0.732. The summed E-state index contributed by atoms with van der Waals surface area (Å²) in [7, 11) is 0. The first-order chi connectivity index (χ1) is 6.45. The summed E-state index contributed by atoms with van der Waals surface area (Å²) in [6.07, 6.45) is 0. The van der Waals surface area contributed by atoms with Crippen LogP contribution >= 0.6 is 50.5 Å². The van der Waals surface area contributed by atoms with Gasteiger partial charge in [0.15, 0.2) is 0 Å². The van der Waals surface area contributed by atoms with Crippen LogP contribution in [0.1, 0.15) is 0 Å². The van der Waals surface area contributed by atoms with Crippen LogP contribution in [0, 0.1) is 0 Å². The molecule has 0 aliphatic heterocycles. The van der Waals surface area contributed by atoms with Gasteiger partial charge in [-0.1, -0.05) is 0 Å². The van der Waals surface area contributed by atoms with E-state index in [2.05, 4.69) is 60.0 Å². The topological polar surface area (TPSA) is 52.6 Å². The molecule has 0 amide bonds. The average molecular weight is 274 g/mol. The van der Waals surface area contributed by atoms with E-state index >= 15 is 0 Å². The van der Waals surface area contributed by atoms with E-state index in [1.165, 1.54) is 0 Å². The van der Waals surface area contributed by atoms with Crippen molar-refractivity contribution in [3.63, 3.8) is 0 Å². The number of hydrogen-bond donors (Lipinski definition) is 4. The van der Waals surface area contributed by atoms with Crippen LogP contribution in [0.4, 0.5) is 0 Å². The highest BCUT2D eigenvalue weighted by atomic mass is 32.2. The second kappa shape index (κ2) is 7.61. The molecular formula is C6H10O4S4. The average Bonchev–Trinajstić information content (AvgIpc) is 2.11. The van der Waals surface area contributed by atoms with E-state index in [-0.39, 0.29) is 13.2 Å². The Labute approximate surface area is 104 Å². The Balaban J connectivity index is 3.48. The van der Waals surface area contributed by atoms with Crippen molar-refractivity contribution in [3.8, 4) is 0 Å². The summed E-state index contributed by atoms with van der Waals surface area (Å²) in [4.78, 5) is 21.6. The van der Waals surface area contributed by atoms with Crippen LogP contribution in [-0.4, -0.2) is 34.3 Å². The van der Waals surface area contributed by atoms with Crippen molar-refractivity contribution in [1.82, 2.24) is 0 Å². The molecule has 0 bridgehead atoms. The number of thiol groups is 4. The van der Waals surface area contributed by atoms with Gasteiger partial charge in [-0.25, -0.2) is 9.59 Å². The maximum Gasteiger partial charge on any atom is 0.328 e. The Morgan fingerprint density at radius 1 is 0.857 bits per heavy atom. The monoisotopic (exact) mass is 274 g/mol. The third kappa shape index (κ3) is 6.74. The first-order valence-corrected chi connectivity index (χ1v) is 5.57. The summed E-state index contributed by atoms with van der Waals surface area (Å²) in [5.74, 6) is -1.16. The minimum absolute atomic E-state index is 0.0313. The summed E-state index contributed by atoms with van der Waals surface area (Å²) in [6.45, 7) is -0.0626. The van der Waals surface area contributed by atoms with Gasteiger partial charge in [-0.2, -0.15) is 50.5 Å². The quantitative estimate of drug-likeness (QED) is 0.254. The summed E-state index contributed by atoms with van der Waals surface area (Å²) >= 11 is 14.9. The van der Waals surface area contributed by atoms with Gasteiger partial charge < -0.3 is 9.47 Å². The molecule has 0 aromatic carbocycles. The fraction of sp³-hybridized carbons (Fsp3) is 0.667. The second-order valence-corrected chi connectivity index (χ2v) is 4.96. The molecule has 0 aliphatic carbocycles. The predicted molar refractivity (Wildman–Crippen MR) is 65.4 cm³/mol. The molecule has 0 aliphatic rings. The van der Waals surface area contributed by atoms with Crippen LogP contribution in [0.3, 0.4) is 0 Å². The molecule has 0 saturated heterocycles. The van der Waals surface area contributed by atoms with Gasteiger partial charge in [0.05, 0.1) is 0 Å². The normalized spacial score (nSPS) is 10.4. The number of ether oxygens (including phenoxy) is 2. The Kier molecular flexibility index (Phi) is 7.79. The van der Waals surface area contributed by atoms with E-state index < -0.39 is 21.1 Å². The molecule has 0 N–H and O–H groups in total. The van der Waals surface area contributed by atoms with Gasteiger partial charge in [0.1, 0.15) is 22.4 Å². The molecule has 0 rings (SSSR count). The van der Waals surface area contributed by atoms with E-state index in [0.717, 1.165) is 0 Å². The Hall–Kier alpha value is 0.340. The highest BCUT2D eigenvalue weighted by Crippen LogP contribution is 2.03. The van der Waals surface area contributed by atoms with Crippen molar-refractivity contribution in [2.75, 3.05) is 13.2 Å². The van der Waals surface area contributed by atoms with E-state index in [1.807, 2.05) is 0 Å². The molecule has 0 spiro atoms. The number of carbonyl (C=O) groups excluding carboxylic acids is 2. The molecule has 0 aromatic heterocycles. The summed E-state index contributed by atoms with van der Waals surface area (Å²) in [5.41, 5.74) is 0. The van der Waals surface area contributed by atoms with E-state index in [9.17, 15) is 9.59 Å². The largest absolute Gasteiger partial charge is 0.461 e. The van der Waals surface area contributed by atoms with Crippen LogP contribution in [0.2, 0.25) is 0 Å². The van der Waals surface area contributed by atoms with Gasteiger partial charge in [-0.3, -0.25) is 0 Å². The van der Waals surface area contributed by atoms with Crippen LogP contribution < -0.4 is 0 Å².